The number of aromatic nitrogens is 3. The summed E-state index contributed by atoms with van der Waals surface area (Å²) in [4.78, 5) is 20.5. The van der Waals surface area contributed by atoms with Crippen molar-refractivity contribution in [3.8, 4) is 33.9 Å². The lowest BCUT2D eigenvalue weighted by atomic mass is 10.1. The summed E-state index contributed by atoms with van der Waals surface area (Å²) >= 11 is 0. The van der Waals surface area contributed by atoms with Gasteiger partial charge in [0.1, 0.15) is 5.82 Å². The summed E-state index contributed by atoms with van der Waals surface area (Å²) in [6.07, 6.45) is 3.59. The Bertz CT molecular complexity index is 1160. The van der Waals surface area contributed by atoms with Crippen molar-refractivity contribution in [2.45, 2.75) is 13.8 Å². The molecule has 144 valence electrons. The maximum atomic E-state index is 11.4. The fraction of sp³-hybridized carbons (Fsp3) is 0.125. The summed E-state index contributed by atoms with van der Waals surface area (Å²) in [5.74, 6) is 0.794. The van der Waals surface area contributed by atoms with Gasteiger partial charge in [-0.25, -0.2) is 4.98 Å². The molecule has 2 aromatic heterocycles. The van der Waals surface area contributed by atoms with E-state index in [1.165, 1.54) is 6.92 Å². The molecule has 5 nitrogen and oxygen atoms in total. The fourth-order valence-corrected chi connectivity index (χ4v) is 3.57. The molecule has 0 aliphatic rings. The van der Waals surface area contributed by atoms with E-state index in [0.717, 1.165) is 45.2 Å². The quantitative estimate of drug-likeness (QED) is 0.535. The Kier molecular flexibility index (Phi) is 4.96. The van der Waals surface area contributed by atoms with Gasteiger partial charge in [-0.2, -0.15) is 0 Å². The maximum Gasteiger partial charge on any atom is 0.221 e. The number of amides is 1. The summed E-state index contributed by atoms with van der Waals surface area (Å²) in [6.45, 7) is 3.54. The van der Waals surface area contributed by atoms with Gasteiger partial charge < -0.3 is 9.88 Å². The van der Waals surface area contributed by atoms with Crippen LogP contribution in [0.15, 0.2) is 73.1 Å². The van der Waals surface area contributed by atoms with Crippen LogP contribution in [0, 0.1) is 6.92 Å². The SMILES string of the molecule is CC(=O)Nc1ccc(-c2nc(-c3ccccc3)c(-c3ccncc3)n2C)c(C)c1. The molecule has 2 aromatic carbocycles. The Labute approximate surface area is 170 Å². The third kappa shape index (κ3) is 3.67. The standard InChI is InChI=1S/C24H22N4O/c1-16-15-20(26-17(2)29)9-10-21(16)24-27-22(18-7-5-4-6-8-18)23(28(24)3)19-11-13-25-14-12-19/h4-15H,1-3H3,(H,26,29). The van der Waals surface area contributed by atoms with Crippen LogP contribution in [0.4, 0.5) is 5.69 Å². The molecule has 1 N–H and O–H groups in total. The molecule has 0 spiro atoms. The molecular weight excluding hydrogens is 360 g/mol. The number of anilines is 1. The molecule has 0 bridgehead atoms. The van der Waals surface area contributed by atoms with Gasteiger partial charge in [0.2, 0.25) is 5.91 Å². The number of imidazole rings is 1. The van der Waals surface area contributed by atoms with Crippen molar-refractivity contribution in [1.82, 2.24) is 14.5 Å². The van der Waals surface area contributed by atoms with E-state index in [1.54, 1.807) is 12.4 Å². The third-order valence-electron chi connectivity index (χ3n) is 4.88. The molecule has 4 aromatic rings. The van der Waals surface area contributed by atoms with Crippen molar-refractivity contribution in [2.24, 2.45) is 7.05 Å². The van der Waals surface area contributed by atoms with E-state index >= 15 is 0 Å². The summed E-state index contributed by atoms with van der Waals surface area (Å²) in [5, 5.41) is 2.83. The first kappa shape index (κ1) is 18.6. The second kappa shape index (κ2) is 7.72. The fourth-order valence-electron chi connectivity index (χ4n) is 3.57. The Balaban J connectivity index is 1.90. The van der Waals surface area contributed by atoms with Gasteiger partial charge in [0, 0.05) is 48.7 Å². The van der Waals surface area contributed by atoms with Gasteiger partial charge in [0.05, 0.1) is 11.4 Å². The highest BCUT2D eigenvalue weighted by Gasteiger charge is 2.20. The monoisotopic (exact) mass is 382 g/mol. The molecule has 2 heterocycles. The number of carbonyl (C=O) groups is 1. The highest BCUT2D eigenvalue weighted by Crippen LogP contribution is 2.36. The average Bonchev–Trinajstić information content (AvgIpc) is 3.06. The molecule has 0 aliphatic heterocycles. The molecule has 0 aliphatic carbocycles. The van der Waals surface area contributed by atoms with Crippen LogP contribution in [0.2, 0.25) is 0 Å². The minimum Gasteiger partial charge on any atom is -0.327 e. The molecule has 29 heavy (non-hydrogen) atoms. The smallest absolute Gasteiger partial charge is 0.221 e. The van der Waals surface area contributed by atoms with Crippen LogP contribution >= 0.6 is 0 Å². The Morgan fingerprint density at radius 3 is 2.34 bits per heavy atom. The van der Waals surface area contributed by atoms with E-state index in [0.29, 0.717) is 0 Å². The van der Waals surface area contributed by atoms with Crippen LogP contribution in [0.3, 0.4) is 0 Å². The van der Waals surface area contributed by atoms with E-state index in [-0.39, 0.29) is 5.91 Å². The zero-order valence-electron chi connectivity index (χ0n) is 16.7. The van der Waals surface area contributed by atoms with Crippen LogP contribution in [0.1, 0.15) is 12.5 Å². The van der Waals surface area contributed by atoms with Crippen molar-refractivity contribution < 1.29 is 4.79 Å². The maximum absolute atomic E-state index is 11.4. The van der Waals surface area contributed by atoms with Crippen LogP contribution in [-0.4, -0.2) is 20.4 Å². The van der Waals surface area contributed by atoms with Gasteiger partial charge >= 0.3 is 0 Å². The van der Waals surface area contributed by atoms with Crippen molar-refractivity contribution in [2.75, 3.05) is 5.32 Å². The predicted octanol–water partition coefficient (Wildman–Crippen LogP) is 5.08. The first-order chi connectivity index (χ1) is 14.0. The third-order valence-corrected chi connectivity index (χ3v) is 4.88. The first-order valence-electron chi connectivity index (χ1n) is 9.45. The lowest BCUT2D eigenvalue weighted by Gasteiger charge is -2.11. The molecule has 5 heteroatoms. The minimum absolute atomic E-state index is 0.0829. The van der Waals surface area contributed by atoms with E-state index < -0.39 is 0 Å². The molecule has 0 saturated heterocycles. The van der Waals surface area contributed by atoms with E-state index in [2.05, 4.69) is 27.0 Å². The molecule has 0 atom stereocenters. The molecular formula is C24H22N4O. The lowest BCUT2D eigenvalue weighted by molar-refractivity contribution is -0.114. The number of aryl methyl sites for hydroxylation is 1. The number of rotatable bonds is 4. The second-order valence-electron chi connectivity index (χ2n) is 7.00. The van der Waals surface area contributed by atoms with E-state index in [4.69, 9.17) is 4.98 Å². The van der Waals surface area contributed by atoms with Gasteiger partial charge in [0.25, 0.3) is 0 Å². The Morgan fingerprint density at radius 1 is 0.966 bits per heavy atom. The molecule has 0 radical (unpaired) electrons. The topological polar surface area (TPSA) is 59.8 Å². The molecule has 1 amide bonds. The van der Waals surface area contributed by atoms with Gasteiger partial charge in [-0.1, -0.05) is 30.3 Å². The number of benzene rings is 2. The second-order valence-corrected chi connectivity index (χ2v) is 7.00. The van der Waals surface area contributed by atoms with Crippen LogP contribution in [0.25, 0.3) is 33.9 Å². The summed E-state index contributed by atoms with van der Waals surface area (Å²) in [6, 6.07) is 20.1. The number of hydrogen-bond donors (Lipinski definition) is 1. The molecule has 0 saturated carbocycles. The van der Waals surface area contributed by atoms with Crippen LogP contribution in [0.5, 0.6) is 0 Å². The number of carbonyl (C=O) groups excluding carboxylic acids is 1. The van der Waals surface area contributed by atoms with Crippen molar-refractivity contribution in [3.63, 3.8) is 0 Å². The Morgan fingerprint density at radius 2 is 1.69 bits per heavy atom. The summed E-state index contributed by atoms with van der Waals surface area (Å²) < 4.78 is 2.12. The largest absolute Gasteiger partial charge is 0.327 e. The van der Waals surface area contributed by atoms with Crippen molar-refractivity contribution >= 4 is 11.6 Å². The number of nitrogens with zero attached hydrogens (tertiary/aromatic N) is 3. The van der Waals surface area contributed by atoms with Crippen molar-refractivity contribution in [1.29, 1.82) is 0 Å². The Hall–Kier alpha value is -3.73. The summed E-state index contributed by atoms with van der Waals surface area (Å²) in [7, 11) is 2.03. The highest BCUT2D eigenvalue weighted by atomic mass is 16.1. The number of nitrogens with one attached hydrogen (secondary N) is 1. The van der Waals surface area contributed by atoms with Gasteiger partial charge in [-0.15, -0.1) is 0 Å². The lowest BCUT2D eigenvalue weighted by Crippen LogP contribution is -2.06. The summed E-state index contributed by atoms with van der Waals surface area (Å²) in [5.41, 5.74) is 6.95. The zero-order chi connectivity index (χ0) is 20.4. The number of hydrogen-bond acceptors (Lipinski definition) is 3. The first-order valence-corrected chi connectivity index (χ1v) is 9.45. The van der Waals surface area contributed by atoms with Crippen molar-refractivity contribution in [3.05, 3.63) is 78.6 Å². The van der Waals surface area contributed by atoms with Crippen LogP contribution < -0.4 is 5.32 Å². The van der Waals surface area contributed by atoms with Gasteiger partial charge in [-0.05, 0) is 42.8 Å². The van der Waals surface area contributed by atoms with Gasteiger partial charge in [0.15, 0.2) is 0 Å². The molecule has 0 fully saturated rings. The van der Waals surface area contributed by atoms with E-state index in [1.807, 2.05) is 62.5 Å². The molecule has 0 unspecified atom stereocenters. The highest BCUT2D eigenvalue weighted by molar-refractivity contribution is 5.89. The minimum atomic E-state index is -0.0829. The predicted molar refractivity (Wildman–Crippen MR) is 116 cm³/mol. The van der Waals surface area contributed by atoms with Crippen LogP contribution in [-0.2, 0) is 11.8 Å². The molecule has 4 rings (SSSR count). The van der Waals surface area contributed by atoms with E-state index in [9.17, 15) is 4.79 Å². The zero-order valence-corrected chi connectivity index (χ0v) is 16.7. The normalized spacial score (nSPS) is 10.7. The average molecular weight is 382 g/mol. The number of pyridine rings is 1. The van der Waals surface area contributed by atoms with Gasteiger partial charge in [-0.3, -0.25) is 9.78 Å².